The maximum absolute atomic E-state index is 10.3. The van der Waals surface area contributed by atoms with Gasteiger partial charge in [-0.15, -0.1) is 11.3 Å². The lowest BCUT2D eigenvalue weighted by atomic mass is 9.97. The van der Waals surface area contributed by atoms with Crippen LogP contribution in [-0.2, 0) is 19.4 Å². The molecule has 1 aromatic heterocycles. The minimum absolute atomic E-state index is 0.0104. The highest BCUT2D eigenvalue weighted by molar-refractivity contribution is 7.12. The maximum Gasteiger partial charge on any atom is 0.121 e. The normalized spacial score (nSPS) is 19.9. The number of hydrogen-bond donors (Lipinski definition) is 2. The third-order valence-electron chi connectivity index (χ3n) is 4.55. The number of aliphatic hydroxyl groups is 2. The second-order valence-electron chi connectivity index (χ2n) is 6.35. The Kier molecular flexibility index (Phi) is 6.18. The van der Waals surface area contributed by atoms with Crippen molar-refractivity contribution < 1.29 is 14.9 Å². The van der Waals surface area contributed by atoms with Crippen molar-refractivity contribution in [3.05, 3.63) is 62.3 Å². The molecule has 0 amide bonds. The summed E-state index contributed by atoms with van der Waals surface area (Å²) in [7, 11) is 0. The summed E-state index contributed by atoms with van der Waals surface area (Å²) in [5, 5.41) is 20.1. The van der Waals surface area contributed by atoms with Gasteiger partial charge in [-0.1, -0.05) is 30.2 Å². The van der Waals surface area contributed by atoms with E-state index in [-0.39, 0.29) is 12.5 Å². The van der Waals surface area contributed by atoms with E-state index in [0.717, 1.165) is 18.4 Å². The molecule has 1 aliphatic carbocycles. The standard InChI is InChI=1S/C20H23ClO3S/c1-2-17-4-5-18(25-17)9-14-3-6-20(23)19(14)12-24-16-8-13(11-22)7-15(21)10-16/h3-5,7-8,10,19-20,22-23H,2,6,9,11-12H2,1H3/t19-,20-/m1/s1. The Bertz CT molecular complexity index is 753. The molecule has 0 spiro atoms. The molecule has 25 heavy (non-hydrogen) atoms. The van der Waals surface area contributed by atoms with Gasteiger partial charge in [0, 0.05) is 27.1 Å². The zero-order valence-electron chi connectivity index (χ0n) is 14.2. The summed E-state index contributed by atoms with van der Waals surface area (Å²) >= 11 is 7.89. The SMILES string of the molecule is CCc1ccc(CC2=CC[C@@H](O)[C@@H]2COc2cc(Cl)cc(CO)c2)s1. The van der Waals surface area contributed by atoms with Gasteiger partial charge in [0.05, 0.1) is 19.3 Å². The molecule has 0 aliphatic heterocycles. The van der Waals surface area contributed by atoms with Crippen molar-refractivity contribution in [2.45, 2.75) is 38.9 Å². The van der Waals surface area contributed by atoms with Gasteiger partial charge in [-0.05, 0) is 48.7 Å². The Morgan fingerprint density at radius 3 is 2.76 bits per heavy atom. The molecule has 2 atom stereocenters. The van der Waals surface area contributed by atoms with Crippen molar-refractivity contribution in [1.29, 1.82) is 0 Å². The summed E-state index contributed by atoms with van der Waals surface area (Å²) in [6, 6.07) is 9.59. The van der Waals surface area contributed by atoms with Crippen LogP contribution < -0.4 is 4.74 Å². The highest BCUT2D eigenvalue weighted by atomic mass is 35.5. The second kappa shape index (κ2) is 8.37. The number of aliphatic hydroxyl groups excluding tert-OH is 2. The van der Waals surface area contributed by atoms with E-state index < -0.39 is 6.10 Å². The summed E-state index contributed by atoms with van der Waals surface area (Å²) < 4.78 is 5.89. The van der Waals surface area contributed by atoms with Crippen LogP contribution in [-0.4, -0.2) is 22.9 Å². The molecule has 5 heteroatoms. The van der Waals surface area contributed by atoms with Crippen molar-refractivity contribution in [2.24, 2.45) is 5.92 Å². The van der Waals surface area contributed by atoms with Crippen LogP contribution in [0.4, 0.5) is 0 Å². The molecule has 1 aliphatic rings. The molecule has 3 rings (SSSR count). The van der Waals surface area contributed by atoms with E-state index in [4.69, 9.17) is 16.3 Å². The fraction of sp³-hybridized carbons (Fsp3) is 0.400. The number of benzene rings is 1. The third kappa shape index (κ3) is 4.64. The molecule has 0 fully saturated rings. The molecule has 0 bridgehead atoms. The number of aryl methyl sites for hydroxylation is 1. The quantitative estimate of drug-likeness (QED) is 0.703. The van der Waals surface area contributed by atoms with Crippen molar-refractivity contribution in [2.75, 3.05) is 6.61 Å². The Hall–Kier alpha value is -1.33. The van der Waals surface area contributed by atoms with Crippen molar-refractivity contribution in [3.63, 3.8) is 0 Å². The summed E-state index contributed by atoms with van der Waals surface area (Å²) in [5.74, 6) is 0.614. The van der Waals surface area contributed by atoms with Gasteiger partial charge in [-0.25, -0.2) is 0 Å². The van der Waals surface area contributed by atoms with Crippen LogP contribution >= 0.6 is 22.9 Å². The lowest BCUT2D eigenvalue weighted by Crippen LogP contribution is -2.24. The first-order chi connectivity index (χ1) is 12.1. The van der Waals surface area contributed by atoms with E-state index in [0.29, 0.717) is 23.8 Å². The van der Waals surface area contributed by atoms with Crippen LogP contribution in [0.1, 0.15) is 28.7 Å². The topological polar surface area (TPSA) is 49.7 Å². The van der Waals surface area contributed by atoms with Crippen molar-refractivity contribution in [3.8, 4) is 5.75 Å². The van der Waals surface area contributed by atoms with Crippen LogP contribution in [0.3, 0.4) is 0 Å². The van der Waals surface area contributed by atoms with E-state index in [1.54, 1.807) is 18.2 Å². The minimum Gasteiger partial charge on any atom is -0.493 e. The number of rotatable bonds is 7. The largest absolute Gasteiger partial charge is 0.493 e. The molecule has 3 nitrogen and oxygen atoms in total. The first-order valence-electron chi connectivity index (χ1n) is 8.56. The Morgan fingerprint density at radius 1 is 1.24 bits per heavy atom. The predicted molar refractivity (Wildman–Crippen MR) is 102 cm³/mol. The number of thiophene rings is 1. The van der Waals surface area contributed by atoms with Crippen molar-refractivity contribution >= 4 is 22.9 Å². The molecule has 0 unspecified atom stereocenters. The second-order valence-corrected chi connectivity index (χ2v) is 8.04. The summed E-state index contributed by atoms with van der Waals surface area (Å²) in [6.45, 7) is 2.49. The van der Waals surface area contributed by atoms with Gasteiger partial charge >= 0.3 is 0 Å². The zero-order valence-corrected chi connectivity index (χ0v) is 15.8. The number of halogens is 1. The Balaban J connectivity index is 1.65. The highest BCUT2D eigenvalue weighted by Gasteiger charge is 2.29. The number of ether oxygens (including phenoxy) is 1. The molecule has 134 valence electrons. The summed E-state index contributed by atoms with van der Waals surface area (Å²) in [6.07, 6.45) is 4.33. The molecule has 0 radical (unpaired) electrons. The molecule has 2 N–H and O–H groups in total. The van der Waals surface area contributed by atoms with Gasteiger partial charge in [0.15, 0.2) is 0 Å². The fourth-order valence-corrected chi connectivity index (χ4v) is 4.39. The maximum atomic E-state index is 10.3. The van der Waals surface area contributed by atoms with Gasteiger partial charge < -0.3 is 14.9 Å². The number of hydrogen-bond acceptors (Lipinski definition) is 4. The average Bonchev–Trinajstić information content (AvgIpc) is 3.20. The molecule has 2 aromatic rings. The van der Waals surface area contributed by atoms with E-state index in [9.17, 15) is 10.2 Å². The average molecular weight is 379 g/mol. The lowest BCUT2D eigenvalue weighted by molar-refractivity contribution is 0.106. The van der Waals surface area contributed by atoms with Crippen LogP contribution in [0, 0.1) is 5.92 Å². The monoisotopic (exact) mass is 378 g/mol. The van der Waals surface area contributed by atoms with Crippen LogP contribution in [0.5, 0.6) is 5.75 Å². The molecular weight excluding hydrogens is 356 g/mol. The first-order valence-corrected chi connectivity index (χ1v) is 9.76. The molecule has 1 aromatic carbocycles. The van der Waals surface area contributed by atoms with Crippen LogP contribution in [0.15, 0.2) is 42.0 Å². The van der Waals surface area contributed by atoms with Crippen LogP contribution in [0.2, 0.25) is 5.02 Å². The highest BCUT2D eigenvalue weighted by Crippen LogP contribution is 2.32. The Morgan fingerprint density at radius 2 is 2.04 bits per heavy atom. The third-order valence-corrected chi connectivity index (χ3v) is 6.00. The lowest BCUT2D eigenvalue weighted by Gasteiger charge is -2.20. The van der Waals surface area contributed by atoms with Gasteiger partial charge in [0.2, 0.25) is 0 Å². The minimum atomic E-state index is -0.405. The molecule has 0 saturated carbocycles. The fourth-order valence-electron chi connectivity index (χ4n) is 3.15. The van der Waals surface area contributed by atoms with Gasteiger partial charge in [0.25, 0.3) is 0 Å². The van der Waals surface area contributed by atoms with E-state index in [2.05, 4.69) is 25.1 Å². The predicted octanol–water partition coefficient (Wildman–Crippen LogP) is 4.38. The van der Waals surface area contributed by atoms with Gasteiger partial charge in [0.1, 0.15) is 5.75 Å². The summed E-state index contributed by atoms with van der Waals surface area (Å²) in [4.78, 5) is 2.71. The van der Waals surface area contributed by atoms with Crippen LogP contribution in [0.25, 0.3) is 0 Å². The zero-order chi connectivity index (χ0) is 17.8. The molecular formula is C20H23ClO3S. The van der Waals surface area contributed by atoms with Crippen molar-refractivity contribution in [1.82, 2.24) is 0 Å². The molecule has 1 heterocycles. The first kappa shape index (κ1) is 18.5. The van der Waals surface area contributed by atoms with Gasteiger partial charge in [-0.3, -0.25) is 0 Å². The smallest absolute Gasteiger partial charge is 0.121 e. The molecule has 0 saturated heterocycles. The van der Waals surface area contributed by atoms with E-state index >= 15 is 0 Å². The van der Waals surface area contributed by atoms with E-state index in [1.165, 1.54) is 15.3 Å². The van der Waals surface area contributed by atoms with E-state index in [1.807, 2.05) is 11.3 Å². The summed E-state index contributed by atoms with van der Waals surface area (Å²) in [5.41, 5.74) is 1.96. The van der Waals surface area contributed by atoms with Gasteiger partial charge in [-0.2, -0.15) is 0 Å². The Labute approximate surface area is 157 Å².